The maximum absolute atomic E-state index is 13.7. The summed E-state index contributed by atoms with van der Waals surface area (Å²) in [5, 5.41) is 0.519. The summed E-state index contributed by atoms with van der Waals surface area (Å²) in [6.45, 7) is 2.32. The molecule has 2 aromatic rings. The standard InChI is InChI=1S/C15H13ClF2N2O/c1-2-20(9-10-5-3-4-6-12(10)16)15(21)11-7-8-19-14(18)13(11)17/h3-8H,2,9H2,1H3. The van der Waals surface area contributed by atoms with Crippen molar-refractivity contribution in [2.45, 2.75) is 13.5 Å². The van der Waals surface area contributed by atoms with Crippen molar-refractivity contribution in [1.82, 2.24) is 9.88 Å². The van der Waals surface area contributed by atoms with Crippen molar-refractivity contribution in [1.29, 1.82) is 0 Å². The fraction of sp³-hybridized carbons (Fsp3) is 0.200. The average Bonchev–Trinajstić information content (AvgIpc) is 2.48. The molecule has 6 heteroatoms. The summed E-state index contributed by atoms with van der Waals surface area (Å²) in [5.41, 5.74) is 0.403. The number of halogens is 3. The molecule has 110 valence electrons. The van der Waals surface area contributed by atoms with Crippen LogP contribution in [0.25, 0.3) is 0 Å². The first-order valence-corrected chi connectivity index (χ1v) is 6.75. The minimum Gasteiger partial charge on any atom is -0.334 e. The topological polar surface area (TPSA) is 33.2 Å². The van der Waals surface area contributed by atoms with Gasteiger partial charge in [0.15, 0.2) is 5.82 Å². The van der Waals surface area contributed by atoms with E-state index in [2.05, 4.69) is 4.98 Å². The lowest BCUT2D eigenvalue weighted by Crippen LogP contribution is -2.31. The zero-order valence-corrected chi connectivity index (χ0v) is 12.1. The van der Waals surface area contributed by atoms with Gasteiger partial charge in [-0.25, -0.2) is 9.37 Å². The summed E-state index contributed by atoms with van der Waals surface area (Å²) in [6, 6.07) is 8.23. The summed E-state index contributed by atoms with van der Waals surface area (Å²) in [7, 11) is 0. The Morgan fingerprint density at radius 3 is 2.67 bits per heavy atom. The van der Waals surface area contributed by atoms with Crippen LogP contribution in [0.2, 0.25) is 5.02 Å². The second-order valence-electron chi connectivity index (χ2n) is 4.37. The van der Waals surface area contributed by atoms with E-state index in [9.17, 15) is 13.6 Å². The zero-order chi connectivity index (χ0) is 15.4. The maximum Gasteiger partial charge on any atom is 0.257 e. The molecule has 3 nitrogen and oxygen atoms in total. The van der Waals surface area contributed by atoms with Crippen LogP contribution in [0.1, 0.15) is 22.8 Å². The summed E-state index contributed by atoms with van der Waals surface area (Å²) in [5.74, 6) is -3.12. The van der Waals surface area contributed by atoms with Crippen molar-refractivity contribution < 1.29 is 13.6 Å². The number of amides is 1. The highest BCUT2D eigenvalue weighted by Crippen LogP contribution is 2.19. The number of hydrogen-bond acceptors (Lipinski definition) is 2. The van der Waals surface area contributed by atoms with Crippen molar-refractivity contribution in [2.75, 3.05) is 6.54 Å². The SMILES string of the molecule is CCN(Cc1ccccc1Cl)C(=O)c1ccnc(F)c1F. The van der Waals surface area contributed by atoms with Crippen LogP contribution in [-0.4, -0.2) is 22.3 Å². The smallest absolute Gasteiger partial charge is 0.257 e. The molecule has 0 bridgehead atoms. The van der Waals surface area contributed by atoms with E-state index in [0.717, 1.165) is 17.8 Å². The Labute approximate surface area is 126 Å². The van der Waals surface area contributed by atoms with E-state index in [1.54, 1.807) is 31.2 Å². The predicted octanol–water partition coefficient (Wildman–Crippen LogP) is 3.68. The molecule has 0 aliphatic heterocycles. The lowest BCUT2D eigenvalue weighted by atomic mass is 10.1. The van der Waals surface area contributed by atoms with E-state index < -0.39 is 17.7 Å². The summed E-state index contributed by atoms with van der Waals surface area (Å²) in [6.07, 6.45) is 1.06. The van der Waals surface area contributed by atoms with E-state index in [1.807, 2.05) is 0 Å². The van der Waals surface area contributed by atoms with Crippen LogP contribution in [0.5, 0.6) is 0 Å². The largest absolute Gasteiger partial charge is 0.334 e. The Morgan fingerprint density at radius 1 is 1.29 bits per heavy atom. The maximum atomic E-state index is 13.7. The Kier molecular flexibility index (Phi) is 4.85. The van der Waals surface area contributed by atoms with Crippen LogP contribution in [-0.2, 0) is 6.54 Å². The lowest BCUT2D eigenvalue weighted by molar-refractivity contribution is 0.0746. The zero-order valence-electron chi connectivity index (χ0n) is 11.3. The van der Waals surface area contributed by atoms with Crippen molar-refractivity contribution in [3.05, 3.63) is 64.4 Å². The van der Waals surface area contributed by atoms with E-state index in [0.29, 0.717) is 11.6 Å². The molecule has 1 aromatic carbocycles. The highest BCUT2D eigenvalue weighted by molar-refractivity contribution is 6.31. The summed E-state index contributed by atoms with van der Waals surface area (Å²) in [4.78, 5) is 16.9. The number of pyridine rings is 1. The number of hydrogen-bond donors (Lipinski definition) is 0. The molecular weight excluding hydrogens is 298 g/mol. The normalized spacial score (nSPS) is 10.5. The molecule has 0 aliphatic carbocycles. The molecule has 1 heterocycles. The van der Waals surface area contributed by atoms with Crippen LogP contribution in [0.15, 0.2) is 36.5 Å². The molecule has 0 saturated carbocycles. The Balaban J connectivity index is 2.27. The number of rotatable bonds is 4. The average molecular weight is 311 g/mol. The number of benzene rings is 1. The number of nitrogens with zero attached hydrogens (tertiary/aromatic N) is 2. The van der Waals surface area contributed by atoms with E-state index >= 15 is 0 Å². The lowest BCUT2D eigenvalue weighted by Gasteiger charge is -2.21. The van der Waals surface area contributed by atoms with Crippen LogP contribution in [0.3, 0.4) is 0 Å². The van der Waals surface area contributed by atoms with E-state index in [1.165, 1.54) is 4.90 Å². The molecule has 0 N–H and O–H groups in total. The molecule has 0 fully saturated rings. The predicted molar refractivity (Wildman–Crippen MR) is 76.0 cm³/mol. The third-order valence-electron chi connectivity index (χ3n) is 3.07. The quantitative estimate of drug-likeness (QED) is 0.807. The second-order valence-corrected chi connectivity index (χ2v) is 4.78. The highest BCUT2D eigenvalue weighted by Gasteiger charge is 2.21. The van der Waals surface area contributed by atoms with Gasteiger partial charge in [0.25, 0.3) is 5.91 Å². The molecule has 2 rings (SSSR count). The first-order valence-electron chi connectivity index (χ1n) is 6.37. The second kappa shape index (κ2) is 6.63. The fourth-order valence-corrected chi connectivity index (χ4v) is 2.11. The number of carbonyl (C=O) groups is 1. The third-order valence-corrected chi connectivity index (χ3v) is 3.43. The van der Waals surface area contributed by atoms with Gasteiger partial charge in [-0.2, -0.15) is 4.39 Å². The molecule has 0 saturated heterocycles. The minimum absolute atomic E-state index is 0.221. The molecule has 21 heavy (non-hydrogen) atoms. The first-order chi connectivity index (χ1) is 10.0. The van der Waals surface area contributed by atoms with Crippen molar-refractivity contribution in [3.8, 4) is 0 Å². The van der Waals surface area contributed by atoms with Crippen molar-refractivity contribution >= 4 is 17.5 Å². The highest BCUT2D eigenvalue weighted by atomic mass is 35.5. The Bertz CT molecular complexity index is 664. The molecule has 0 unspecified atom stereocenters. The molecule has 0 atom stereocenters. The van der Waals surface area contributed by atoms with Gasteiger partial charge in [0, 0.05) is 24.3 Å². The Hall–Kier alpha value is -2.01. The van der Waals surface area contributed by atoms with E-state index in [-0.39, 0.29) is 12.1 Å². The van der Waals surface area contributed by atoms with Gasteiger partial charge in [0.2, 0.25) is 5.95 Å². The third kappa shape index (κ3) is 3.36. The van der Waals surface area contributed by atoms with Crippen molar-refractivity contribution in [2.24, 2.45) is 0 Å². The van der Waals surface area contributed by atoms with Gasteiger partial charge in [-0.1, -0.05) is 29.8 Å². The molecule has 0 aliphatic rings. The molecule has 0 spiro atoms. The van der Waals surface area contributed by atoms with Gasteiger partial charge in [-0.15, -0.1) is 0 Å². The van der Waals surface area contributed by atoms with Gasteiger partial charge >= 0.3 is 0 Å². The van der Waals surface area contributed by atoms with Gasteiger partial charge in [0.05, 0.1) is 5.56 Å². The van der Waals surface area contributed by atoms with Crippen LogP contribution >= 0.6 is 11.6 Å². The minimum atomic E-state index is -1.28. The molecule has 1 amide bonds. The number of aromatic nitrogens is 1. The summed E-state index contributed by atoms with van der Waals surface area (Å²) >= 11 is 6.05. The van der Waals surface area contributed by atoms with Crippen LogP contribution < -0.4 is 0 Å². The van der Waals surface area contributed by atoms with Gasteiger partial charge in [-0.3, -0.25) is 4.79 Å². The monoisotopic (exact) mass is 310 g/mol. The molecule has 1 aromatic heterocycles. The van der Waals surface area contributed by atoms with E-state index in [4.69, 9.17) is 11.6 Å². The first kappa shape index (κ1) is 15.4. The summed E-state index contributed by atoms with van der Waals surface area (Å²) < 4.78 is 26.8. The van der Waals surface area contributed by atoms with Gasteiger partial charge in [-0.05, 0) is 24.6 Å². The molecular formula is C15H13ClF2N2O. The van der Waals surface area contributed by atoms with Crippen LogP contribution in [0.4, 0.5) is 8.78 Å². The van der Waals surface area contributed by atoms with Gasteiger partial charge < -0.3 is 4.90 Å². The number of carbonyl (C=O) groups excluding carboxylic acids is 1. The van der Waals surface area contributed by atoms with Crippen molar-refractivity contribution in [3.63, 3.8) is 0 Å². The fourth-order valence-electron chi connectivity index (χ4n) is 1.91. The molecule has 0 radical (unpaired) electrons. The Morgan fingerprint density at radius 2 is 2.00 bits per heavy atom. The van der Waals surface area contributed by atoms with Gasteiger partial charge in [0.1, 0.15) is 0 Å². The van der Waals surface area contributed by atoms with Crippen LogP contribution in [0, 0.1) is 11.8 Å².